The van der Waals surface area contributed by atoms with Crippen molar-refractivity contribution in [2.45, 2.75) is 23.9 Å². The van der Waals surface area contributed by atoms with Gasteiger partial charge in [0.2, 0.25) is 10.0 Å². The molecule has 0 radical (unpaired) electrons. The first kappa shape index (κ1) is 21.1. The summed E-state index contributed by atoms with van der Waals surface area (Å²) in [5.74, 6) is -0.523. The zero-order valence-corrected chi connectivity index (χ0v) is 17.2. The van der Waals surface area contributed by atoms with Crippen molar-refractivity contribution in [3.8, 4) is 0 Å². The van der Waals surface area contributed by atoms with Gasteiger partial charge in [-0.2, -0.15) is 4.31 Å². The van der Waals surface area contributed by atoms with Gasteiger partial charge in [-0.3, -0.25) is 0 Å². The number of carbonyl (C=O) groups is 2. The maximum atomic E-state index is 12.9. The van der Waals surface area contributed by atoms with E-state index in [4.69, 9.17) is 11.6 Å². The molecule has 1 saturated heterocycles. The van der Waals surface area contributed by atoms with Crippen LogP contribution < -0.4 is 10.6 Å². The summed E-state index contributed by atoms with van der Waals surface area (Å²) in [6, 6.07) is 11.6. The number of hydrogen-bond acceptors (Lipinski definition) is 5. The van der Waals surface area contributed by atoms with E-state index in [1.807, 2.05) is 0 Å². The monoisotopic (exact) mass is 437 g/mol. The summed E-state index contributed by atoms with van der Waals surface area (Å²) >= 11 is 5.83. The summed E-state index contributed by atoms with van der Waals surface area (Å²) in [6.45, 7) is 0.299. The number of amides is 2. The van der Waals surface area contributed by atoms with Crippen molar-refractivity contribution in [1.82, 2.24) is 9.62 Å². The molecule has 3 rings (SSSR count). The molecule has 1 aliphatic heterocycles. The molecule has 0 saturated carbocycles. The number of urea groups is 1. The van der Waals surface area contributed by atoms with Gasteiger partial charge in [-0.25, -0.2) is 18.0 Å². The van der Waals surface area contributed by atoms with E-state index < -0.39 is 28.2 Å². The number of carbonyl (C=O) groups excluding carboxylic acids is 2. The fourth-order valence-electron chi connectivity index (χ4n) is 3.07. The molecule has 1 fully saturated rings. The second-order valence-corrected chi connectivity index (χ2v) is 8.73. The van der Waals surface area contributed by atoms with Crippen molar-refractivity contribution < 1.29 is 22.7 Å². The van der Waals surface area contributed by atoms with Crippen molar-refractivity contribution >= 4 is 39.3 Å². The predicted molar refractivity (Wildman–Crippen MR) is 108 cm³/mol. The molecule has 1 heterocycles. The first-order valence-corrected chi connectivity index (χ1v) is 10.7. The third-order valence-electron chi connectivity index (χ3n) is 4.46. The highest BCUT2D eigenvalue weighted by Gasteiger charge is 2.36. The van der Waals surface area contributed by atoms with Gasteiger partial charge >= 0.3 is 12.0 Å². The zero-order valence-electron chi connectivity index (χ0n) is 15.6. The van der Waals surface area contributed by atoms with Crippen LogP contribution in [0.5, 0.6) is 0 Å². The van der Waals surface area contributed by atoms with E-state index >= 15 is 0 Å². The van der Waals surface area contributed by atoms with Gasteiger partial charge in [-0.1, -0.05) is 17.7 Å². The number of esters is 1. The van der Waals surface area contributed by atoms with Gasteiger partial charge < -0.3 is 15.4 Å². The summed E-state index contributed by atoms with van der Waals surface area (Å²) in [5.41, 5.74) is 0.675. The lowest BCUT2D eigenvalue weighted by molar-refractivity contribution is 0.0600. The van der Waals surface area contributed by atoms with Crippen LogP contribution in [0.15, 0.2) is 53.4 Å². The van der Waals surface area contributed by atoms with E-state index in [0.29, 0.717) is 30.1 Å². The minimum Gasteiger partial charge on any atom is -0.465 e. The minimum absolute atomic E-state index is 0.113. The number of halogens is 1. The number of anilines is 1. The summed E-state index contributed by atoms with van der Waals surface area (Å²) < 4.78 is 31.7. The molecule has 2 aromatic rings. The van der Waals surface area contributed by atoms with Crippen molar-refractivity contribution in [3.05, 3.63) is 59.1 Å². The maximum Gasteiger partial charge on any atom is 0.337 e. The molecule has 2 amide bonds. The highest BCUT2D eigenvalue weighted by atomic mass is 35.5. The number of nitrogens with one attached hydrogen (secondary N) is 2. The number of hydrogen-bond donors (Lipinski definition) is 2. The lowest BCUT2D eigenvalue weighted by Gasteiger charge is -2.25. The van der Waals surface area contributed by atoms with E-state index in [1.165, 1.54) is 41.7 Å². The number of methoxy groups -OCH3 is 1. The Morgan fingerprint density at radius 1 is 1.17 bits per heavy atom. The van der Waals surface area contributed by atoms with Crippen molar-refractivity contribution in [2.24, 2.45) is 0 Å². The second-order valence-electron chi connectivity index (χ2n) is 6.40. The zero-order chi connectivity index (χ0) is 21.0. The number of nitrogens with zero attached hydrogens (tertiary/aromatic N) is 1. The van der Waals surface area contributed by atoms with Crippen LogP contribution in [0.25, 0.3) is 0 Å². The van der Waals surface area contributed by atoms with Crippen LogP contribution in [-0.4, -0.2) is 44.5 Å². The summed E-state index contributed by atoms with van der Waals surface area (Å²) in [5, 5.41) is 5.73. The first-order valence-electron chi connectivity index (χ1n) is 8.84. The molecule has 0 aliphatic carbocycles. The lowest BCUT2D eigenvalue weighted by Crippen LogP contribution is -2.48. The van der Waals surface area contributed by atoms with Gasteiger partial charge in [0.1, 0.15) is 0 Å². The highest BCUT2D eigenvalue weighted by molar-refractivity contribution is 7.89. The first-order chi connectivity index (χ1) is 13.8. The maximum absolute atomic E-state index is 12.9. The third-order valence-corrected chi connectivity index (χ3v) is 6.64. The van der Waals surface area contributed by atoms with E-state index in [2.05, 4.69) is 15.4 Å². The molecule has 0 bridgehead atoms. The van der Waals surface area contributed by atoms with Crippen LogP contribution in [0.2, 0.25) is 5.02 Å². The normalized spacial score (nSPS) is 17.0. The van der Waals surface area contributed by atoms with E-state index in [1.54, 1.807) is 18.2 Å². The van der Waals surface area contributed by atoms with E-state index in [0.717, 1.165) is 0 Å². The smallest absolute Gasteiger partial charge is 0.337 e. The number of ether oxygens (including phenoxy) is 1. The Hall–Kier alpha value is -2.62. The Morgan fingerprint density at radius 2 is 1.90 bits per heavy atom. The van der Waals surface area contributed by atoms with Crippen LogP contribution in [0.3, 0.4) is 0 Å². The molecule has 0 aromatic heterocycles. The Labute approximate surface area is 173 Å². The van der Waals surface area contributed by atoms with Crippen LogP contribution >= 0.6 is 11.6 Å². The Kier molecular flexibility index (Phi) is 6.41. The van der Waals surface area contributed by atoms with Crippen LogP contribution in [0, 0.1) is 0 Å². The van der Waals surface area contributed by atoms with Crippen molar-refractivity contribution in [2.75, 3.05) is 19.0 Å². The van der Waals surface area contributed by atoms with Crippen molar-refractivity contribution in [3.63, 3.8) is 0 Å². The van der Waals surface area contributed by atoms with Gasteiger partial charge in [-0.05, 0) is 55.3 Å². The molecule has 154 valence electrons. The van der Waals surface area contributed by atoms with Gasteiger partial charge in [0.15, 0.2) is 0 Å². The molecule has 0 spiro atoms. The summed E-state index contributed by atoms with van der Waals surface area (Å²) in [4.78, 5) is 24.1. The molecule has 10 heteroatoms. The molecule has 0 unspecified atom stereocenters. The largest absolute Gasteiger partial charge is 0.465 e. The second kappa shape index (κ2) is 8.81. The predicted octanol–water partition coefficient (Wildman–Crippen LogP) is 3.06. The average Bonchev–Trinajstić information content (AvgIpc) is 3.16. The summed E-state index contributed by atoms with van der Waals surface area (Å²) in [7, 11) is -2.50. The fourth-order valence-corrected chi connectivity index (χ4v) is 4.81. The summed E-state index contributed by atoms with van der Waals surface area (Å²) in [6.07, 6.45) is 0.428. The Morgan fingerprint density at radius 3 is 2.59 bits per heavy atom. The number of rotatable bonds is 5. The molecule has 1 aliphatic rings. The Balaban J connectivity index is 1.70. The van der Waals surface area contributed by atoms with E-state index in [-0.39, 0.29) is 10.5 Å². The number of benzene rings is 2. The standard InChI is InChI=1S/C19H20ClN3O5S/c1-28-18(24)13-4-2-5-15(12-13)21-19(25)22-17-6-3-11-23(17)29(26,27)16-9-7-14(20)8-10-16/h2,4-5,7-10,12,17H,3,6,11H2,1H3,(H2,21,22,25)/t17-/m0/s1. The molecule has 2 N–H and O–H groups in total. The fraction of sp³-hybridized carbons (Fsp3) is 0.263. The van der Waals surface area contributed by atoms with Crippen LogP contribution in [0.4, 0.5) is 10.5 Å². The van der Waals surface area contributed by atoms with E-state index in [9.17, 15) is 18.0 Å². The molecular formula is C19H20ClN3O5S. The van der Waals surface area contributed by atoms with Crippen molar-refractivity contribution in [1.29, 1.82) is 0 Å². The van der Waals surface area contributed by atoms with Gasteiger partial charge in [0.05, 0.1) is 23.7 Å². The van der Waals surface area contributed by atoms with Gasteiger partial charge in [-0.15, -0.1) is 0 Å². The highest BCUT2D eigenvalue weighted by Crippen LogP contribution is 2.25. The molecule has 8 nitrogen and oxygen atoms in total. The van der Waals surface area contributed by atoms with Crippen LogP contribution in [-0.2, 0) is 14.8 Å². The topological polar surface area (TPSA) is 105 Å². The van der Waals surface area contributed by atoms with Gasteiger partial charge in [0, 0.05) is 17.3 Å². The Bertz CT molecular complexity index is 1010. The minimum atomic E-state index is -3.77. The quantitative estimate of drug-likeness (QED) is 0.699. The molecule has 2 aromatic carbocycles. The molecule has 29 heavy (non-hydrogen) atoms. The van der Waals surface area contributed by atoms with Gasteiger partial charge in [0.25, 0.3) is 0 Å². The number of sulfonamides is 1. The molecule has 1 atom stereocenters. The lowest BCUT2D eigenvalue weighted by atomic mass is 10.2. The SMILES string of the molecule is COC(=O)c1cccc(NC(=O)N[C@@H]2CCCN2S(=O)(=O)c2ccc(Cl)cc2)c1. The third kappa shape index (κ3) is 4.87. The molecular weight excluding hydrogens is 418 g/mol. The average molecular weight is 438 g/mol. The van der Waals surface area contributed by atoms with Crippen LogP contribution in [0.1, 0.15) is 23.2 Å².